The topological polar surface area (TPSA) is 37.4 Å². The van der Waals surface area contributed by atoms with Crippen LogP contribution in [0.15, 0.2) is 29.2 Å². The first-order chi connectivity index (χ1) is 8.52. The van der Waals surface area contributed by atoms with Gasteiger partial charge in [-0.1, -0.05) is 28.1 Å². The monoisotopic (exact) mass is 331 g/mol. The van der Waals surface area contributed by atoms with Crippen LogP contribution in [0.4, 0.5) is 5.69 Å². The molecule has 2 rings (SSSR count). The summed E-state index contributed by atoms with van der Waals surface area (Å²) >= 11 is 3.52. The van der Waals surface area contributed by atoms with Crippen LogP contribution in [0.3, 0.4) is 0 Å². The molecule has 1 atom stereocenters. The van der Waals surface area contributed by atoms with Gasteiger partial charge in [0.2, 0.25) is 0 Å². The molecule has 1 aliphatic rings. The molecule has 18 heavy (non-hydrogen) atoms. The molecule has 1 saturated heterocycles. The lowest BCUT2D eigenvalue weighted by Crippen LogP contribution is -2.36. The molecule has 1 aliphatic heterocycles. The third kappa shape index (κ3) is 3.06. The molecule has 0 amide bonds. The summed E-state index contributed by atoms with van der Waals surface area (Å²) < 4.78 is 23.6. The Morgan fingerprint density at radius 2 is 2.11 bits per heavy atom. The number of hydrogen-bond donors (Lipinski definition) is 0. The van der Waals surface area contributed by atoms with Gasteiger partial charge < -0.3 is 4.90 Å². The van der Waals surface area contributed by atoms with E-state index in [4.69, 9.17) is 0 Å². The molecule has 0 N–H and O–H groups in total. The van der Waals surface area contributed by atoms with Gasteiger partial charge in [-0.2, -0.15) is 0 Å². The van der Waals surface area contributed by atoms with Crippen LogP contribution in [0.2, 0.25) is 0 Å². The summed E-state index contributed by atoms with van der Waals surface area (Å²) in [7, 11) is -3.16. The van der Waals surface area contributed by atoms with Gasteiger partial charge in [0, 0.05) is 24.7 Å². The van der Waals surface area contributed by atoms with E-state index in [9.17, 15) is 8.42 Å². The van der Waals surface area contributed by atoms with E-state index in [0.29, 0.717) is 10.8 Å². The van der Waals surface area contributed by atoms with Gasteiger partial charge in [0.05, 0.1) is 10.6 Å². The van der Waals surface area contributed by atoms with Gasteiger partial charge in [0.15, 0.2) is 9.84 Å². The number of sulfone groups is 1. The van der Waals surface area contributed by atoms with E-state index >= 15 is 0 Å². The first-order valence-electron chi connectivity index (χ1n) is 6.12. The lowest BCUT2D eigenvalue weighted by molar-refractivity contribution is 0.453. The first kappa shape index (κ1) is 13.9. The normalized spacial score (nSPS) is 21.0. The third-order valence-electron chi connectivity index (χ3n) is 3.34. The highest BCUT2D eigenvalue weighted by Crippen LogP contribution is 2.29. The number of alkyl halides is 1. The first-order valence-corrected chi connectivity index (χ1v) is 9.13. The maximum Gasteiger partial charge on any atom is 0.177 e. The third-order valence-corrected chi connectivity index (χ3v) is 5.40. The molecule has 0 aliphatic carbocycles. The largest absolute Gasteiger partial charge is 0.370 e. The van der Waals surface area contributed by atoms with Crippen LogP contribution in [0.5, 0.6) is 0 Å². The molecule has 0 aromatic heterocycles. The second-order valence-corrected chi connectivity index (χ2v) is 7.48. The van der Waals surface area contributed by atoms with Gasteiger partial charge in [0.25, 0.3) is 0 Å². The number of benzene rings is 1. The summed E-state index contributed by atoms with van der Waals surface area (Å²) in [5.74, 6) is 0.603. The zero-order valence-electron chi connectivity index (χ0n) is 10.5. The van der Waals surface area contributed by atoms with Crippen LogP contribution in [0, 0.1) is 5.92 Å². The SMILES string of the molecule is CS(=O)(=O)c1ccccc1N1CCCC(CBr)C1. The minimum atomic E-state index is -3.16. The molecule has 3 nitrogen and oxygen atoms in total. The average molecular weight is 332 g/mol. The highest BCUT2D eigenvalue weighted by molar-refractivity contribution is 9.09. The molecule has 0 saturated carbocycles. The predicted octanol–water partition coefficient (Wildman–Crippen LogP) is 2.70. The van der Waals surface area contributed by atoms with Gasteiger partial charge in [0.1, 0.15) is 0 Å². The number of nitrogens with zero attached hydrogens (tertiary/aromatic N) is 1. The number of anilines is 1. The smallest absolute Gasteiger partial charge is 0.177 e. The average Bonchev–Trinajstić information content (AvgIpc) is 2.38. The number of para-hydroxylation sites is 1. The number of rotatable bonds is 3. The van der Waals surface area contributed by atoms with Crippen LogP contribution < -0.4 is 4.90 Å². The molecule has 100 valence electrons. The van der Waals surface area contributed by atoms with Crippen molar-refractivity contribution in [1.82, 2.24) is 0 Å². The summed E-state index contributed by atoms with van der Waals surface area (Å²) in [5, 5.41) is 0.977. The Bertz CT molecular complexity index is 515. The Balaban J connectivity index is 2.33. The molecule has 0 bridgehead atoms. The molecule has 1 aromatic carbocycles. The minimum absolute atomic E-state index is 0.445. The minimum Gasteiger partial charge on any atom is -0.370 e. The number of halogens is 1. The Morgan fingerprint density at radius 1 is 1.39 bits per heavy atom. The van der Waals surface area contributed by atoms with Gasteiger partial charge in [-0.15, -0.1) is 0 Å². The van der Waals surface area contributed by atoms with Crippen LogP contribution in [0.25, 0.3) is 0 Å². The van der Waals surface area contributed by atoms with Crippen molar-refractivity contribution in [2.45, 2.75) is 17.7 Å². The van der Waals surface area contributed by atoms with E-state index in [2.05, 4.69) is 20.8 Å². The van der Waals surface area contributed by atoms with Crippen molar-refractivity contribution in [3.05, 3.63) is 24.3 Å². The second-order valence-electron chi connectivity index (χ2n) is 4.85. The molecule has 1 aromatic rings. The van der Waals surface area contributed by atoms with Crippen molar-refractivity contribution < 1.29 is 8.42 Å². The summed E-state index contributed by atoms with van der Waals surface area (Å²) in [6, 6.07) is 7.29. The quantitative estimate of drug-likeness (QED) is 0.799. The molecule has 0 spiro atoms. The van der Waals surface area contributed by atoms with Crippen LogP contribution >= 0.6 is 15.9 Å². The highest BCUT2D eigenvalue weighted by atomic mass is 79.9. The maximum absolute atomic E-state index is 11.8. The standard InChI is InChI=1S/C13H18BrNO2S/c1-18(16,17)13-7-3-2-6-12(13)15-8-4-5-11(9-14)10-15/h2-3,6-7,11H,4-5,8-10H2,1H3. The van der Waals surface area contributed by atoms with E-state index in [0.717, 1.165) is 30.5 Å². The van der Waals surface area contributed by atoms with E-state index < -0.39 is 9.84 Å². The predicted molar refractivity (Wildman–Crippen MR) is 78.3 cm³/mol. The zero-order valence-corrected chi connectivity index (χ0v) is 12.9. The van der Waals surface area contributed by atoms with Crippen molar-refractivity contribution >= 4 is 31.5 Å². The molecule has 1 fully saturated rings. The van der Waals surface area contributed by atoms with Gasteiger partial charge >= 0.3 is 0 Å². The van der Waals surface area contributed by atoms with E-state index in [1.807, 2.05) is 12.1 Å². The fraction of sp³-hybridized carbons (Fsp3) is 0.538. The maximum atomic E-state index is 11.8. The van der Waals surface area contributed by atoms with Crippen LogP contribution in [-0.2, 0) is 9.84 Å². The Kier molecular flexibility index (Phi) is 4.33. The molecular weight excluding hydrogens is 314 g/mol. The molecule has 5 heteroatoms. The second kappa shape index (κ2) is 5.61. The van der Waals surface area contributed by atoms with Crippen molar-refractivity contribution in [3.63, 3.8) is 0 Å². The fourth-order valence-corrected chi connectivity index (χ4v) is 3.87. The van der Waals surface area contributed by atoms with Crippen molar-refractivity contribution in [1.29, 1.82) is 0 Å². The number of piperidine rings is 1. The summed E-state index contributed by atoms with van der Waals surface area (Å²) in [5.41, 5.74) is 0.852. The lowest BCUT2D eigenvalue weighted by atomic mass is 10.00. The van der Waals surface area contributed by atoms with Crippen molar-refractivity contribution in [3.8, 4) is 0 Å². The van der Waals surface area contributed by atoms with Crippen molar-refractivity contribution in [2.75, 3.05) is 29.6 Å². The summed E-state index contributed by atoms with van der Waals surface area (Å²) in [6.45, 7) is 1.87. The van der Waals surface area contributed by atoms with E-state index in [1.165, 1.54) is 12.7 Å². The van der Waals surface area contributed by atoms with Gasteiger partial charge in [-0.3, -0.25) is 0 Å². The summed E-state index contributed by atoms with van der Waals surface area (Å²) in [4.78, 5) is 2.64. The number of hydrogen-bond acceptors (Lipinski definition) is 3. The van der Waals surface area contributed by atoms with Crippen molar-refractivity contribution in [2.24, 2.45) is 5.92 Å². The van der Waals surface area contributed by atoms with Crippen LogP contribution in [-0.4, -0.2) is 33.1 Å². The molecule has 1 unspecified atom stereocenters. The fourth-order valence-electron chi connectivity index (χ4n) is 2.44. The molecular formula is C13H18BrNO2S. The molecule has 1 heterocycles. The van der Waals surface area contributed by atoms with Gasteiger partial charge in [-0.25, -0.2) is 8.42 Å². The lowest BCUT2D eigenvalue weighted by Gasteiger charge is -2.34. The van der Waals surface area contributed by atoms with E-state index in [-0.39, 0.29) is 0 Å². The summed E-state index contributed by atoms with van der Waals surface area (Å²) in [6.07, 6.45) is 3.61. The Morgan fingerprint density at radius 3 is 2.78 bits per heavy atom. The van der Waals surface area contributed by atoms with Crippen LogP contribution in [0.1, 0.15) is 12.8 Å². The Hall–Kier alpha value is -0.550. The van der Waals surface area contributed by atoms with Gasteiger partial charge in [-0.05, 0) is 30.9 Å². The van der Waals surface area contributed by atoms with E-state index in [1.54, 1.807) is 12.1 Å². The Labute approximate surface area is 117 Å². The zero-order chi connectivity index (χ0) is 13.2. The molecule has 0 radical (unpaired) electrons. The highest BCUT2D eigenvalue weighted by Gasteiger charge is 2.23.